The smallest absolute Gasteiger partial charge is 0.252 e. The summed E-state index contributed by atoms with van der Waals surface area (Å²) in [7, 11) is 1.59. The van der Waals surface area contributed by atoms with Gasteiger partial charge in [0.1, 0.15) is 11.5 Å². The van der Waals surface area contributed by atoms with Crippen LogP contribution in [0.4, 0.5) is 5.69 Å². The van der Waals surface area contributed by atoms with Crippen LogP contribution in [0.1, 0.15) is 34.8 Å². The van der Waals surface area contributed by atoms with Gasteiger partial charge in [-0.3, -0.25) is 4.79 Å². The van der Waals surface area contributed by atoms with Crippen LogP contribution in [0.2, 0.25) is 0 Å². The van der Waals surface area contributed by atoms with Gasteiger partial charge in [-0.1, -0.05) is 102 Å². The number of hydrogen-bond acceptors (Lipinski definition) is 7. The number of ether oxygens (including phenoxy) is 3. The molecule has 0 spiro atoms. The first kappa shape index (κ1) is 33.8. The Morgan fingerprint density at radius 2 is 1.54 bits per heavy atom. The molecule has 6 rings (SSSR count). The third-order valence-electron chi connectivity index (χ3n) is 8.59. The minimum Gasteiger partial charge on any atom is -0.496 e. The van der Waals surface area contributed by atoms with Gasteiger partial charge >= 0.3 is 0 Å². The predicted octanol–water partition coefficient (Wildman–Crippen LogP) is 7.88. The van der Waals surface area contributed by atoms with Crippen LogP contribution in [0, 0.1) is 0 Å². The lowest BCUT2D eigenvalue weighted by Gasteiger charge is -2.31. The van der Waals surface area contributed by atoms with Gasteiger partial charge in [0.2, 0.25) is 5.90 Å². The zero-order valence-electron chi connectivity index (χ0n) is 27.6. The maximum absolute atomic E-state index is 14.8. The van der Waals surface area contributed by atoms with Gasteiger partial charge in [0, 0.05) is 47.7 Å². The predicted molar refractivity (Wildman–Crippen MR) is 192 cm³/mol. The van der Waals surface area contributed by atoms with Crippen molar-refractivity contribution in [1.82, 2.24) is 5.32 Å². The van der Waals surface area contributed by atoms with Crippen LogP contribution in [-0.4, -0.2) is 42.8 Å². The second kappa shape index (κ2) is 15.9. The molecule has 1 aliphatic heterocycles. The normalized spacial score (nSPS) is 16.4. The van der Waals surface area contributed by atoms with Crippen LogP contribution in [0.25, 0.3) is 21.6 Å². The average molecular weight is 668 g/mol. The highest BCUT2D eigenvalue weighted by atomic mass is 16.5. The molecule has 0 bridgehead atoms. The summed E-state index contributed by atoms with van der Waals surface area (Å²) in [5.41, 5.74) is 13.2. The van der Waals surface area contributed by atoms with E-state index in [1.165, 1.54) is 0 Å². The summed E-state index contributed by atoms with van der Waals surface area (Å²) in [4.78, 5) is 22.9. The molecule has 252 valence electrons. The van der Waals surface area contributed by atoms with Crippen LogP contribution < -0.4 is 14.8 Å². The van der Waals surface area contributed by atoms with Crippen LogP contribution in [0.15, 0.2) is 138 Å². The van der Waals surface area contributed by atoms with E-state index in [9.17, 15) is 10.3 Å². The number of methoxy groups -OCH3 is 1. The molecule has 0 unspecified atom stereocenters. The summed E-state index contributed by atoms with van der Waals surface area (Å²) >= 11 is 0. The molecule has 0 aromatic heterocycles. The average Bonchev–Trinajstić information content (AvgIpc) is 3.56. The van der Waals surface area contributed by atoms with Crippen molar-refractivity contribution < 1.29 is 24.1 Å². The third-order valence-corrected chi connectivity index (χ3v) is 8.59. The molecule has 0 fully saturated rings. The summed E-state index contributed by atoms with van der Waals surface area (Å²) in [5.74, 6) is 1.21. The zero-order chi connectivity index (χ0) is 34.8. The van der Waals surface area contributed by atoms with Crippen LogP contribution in [-0.2, 0) is 22.5 Å². The van der Waals surface area contributed by atoms with Gasteiger partial charge in [-0.15, -0.1) is 0 Å². The molecular weight excluding hydrogens is 630 g/mol. The minimum atomic E-state index is -1.51. The van der Waals surface area contributed by atoms with E-state index in [2.05, 4.69) is 15.3 Å². The van der Waals surface area contributed by atoms with Crippen molar-refractivity contribution in [2.24, 2.45) is 10.1 Å². The molecule has 1 aliphatic rings. The molecule has 10 nitrogen and oxygen atoms in total. The van der Waals surface area contributed by atoms with Crippen LogP contribution >= 0.6 is 0 Å². The molecule has 1 heterocycles. The lowest BCUT2D eigenvalue weighted by molar-refractivity contribution is -0.129. The van der Waals surface area contributed by atoms with E-state index >= 15 is 0 Å². The first-order chi connectivity index (χ1) is 24.5. The van der Waals surface area contributed by atoms with E-state index < -0.39 is 11.6 Å². The van der Waals surface area contributed by atoms with E-state index in [1.54, 1.807) is 31.4 Å². The number of para-hydroxylation sites is 1. The zero-order valence-corrected chi connectivity index (χ0v) is 27.6. The second-order valence-corrected chi connectivity index (χ2v) is 11.8. The maximum atomic E-state index is 14.8. The number of carbonyl (C=O) groups excluding carboxylic acids is 1. The van der Waals surface area contributed by atoms with Crippen molar-refractivity contribution in [3.63, 3.8) is 0 Å². The Morgan fingerprint density at radius 1 is 0.880 bits per heavy atom. The fraction of sp³-hybridized carbons (Fsp3) is 0.200. The molecule has 0 aliphatic carbocycles. The minimum absolute atomic E-state index is 0.0421. The third kappa shape index (κ3) is 7.47. The summed E-state index contributed by atoms with van der Waals surface area (Å²) in [6.45, 7) is 0.613. The van der Waals surface area contributed by atoms with Crippen molar-refractivity contribution in [3.05, 3.63) is 160 Å². The topological polar surface area (TPSA) is 138 Å². The van der Waals surface area contributed by atoms with E-state index in [4.69, 9.17) is 24.3 Å². The fourth-order valence-corrected chi connectivity index (χ4v) is 6.04. The lowest BCUT2D eigenvalue weighted by Crippen LogP contribution is -2.49. The maximum Gasteiger partial charge on any atom is 0.252 e. The van der Waals surface area contributed by atoms with E-state index in [-0.39, 0.29) is 31.4 Å². The Hall–Kier alpha value is -6.09. The standard InChI is InChI=1S/C40H37N5O5/c1-48-36-15-8-6-13-33(36)27-42-39(47)40(26-32-12-5-7-14-35(32)44-45-41)37(30-18-16-29(17-19-30)28-10-3-2-4-11-28)50-38(43-40)31-20-22-34(23-21-31)49-25-9-24-46/h2-8,10-23,37,46H,9,24-27H2,1H3,(H,42,47)/t37-,40-/m1/s1. The number of benzene rings is 5. The quantitative estimate of drug-likeness (QED) is 0.0537. The molecule has 2 N–H and O–H groups in total. The van der Waals surface area contributed by atoms with Gasteiger partial charge in [0.15, 0.2) is 11.6 Å². The highest BCUT2D eigenvalue weighted by molar-refractivity contribution is 6.01. The number of nitrogens with zero attached hydrogens (tertiary/aromatic N) is 4. The number of nitrogens with one attached hydrogen (secondary N) is 1. The van der Waals surface area contributed by atoms with Crippen molar-refractivity contribution in [1.29, 1.82) is 0 Å². The van der Waals surface area contributed by atoms with Crippen molar-refractivity contribution in [2.75, 3.05) is 20.3 Å². The first-order valence-corrected chi connectivity index (χ1v) is 16.3. The molecule has 0 saturated heterocycles. The lowest BCUT2D eigenvalue weighted by atomic mass is 9.81. The number of carbonyl (C=O) groups is 1. The van der Waals surface area contributed by atoms with E-state index in [0.717, 1.165) is 22.3 Å². The first-order valence-electron chi connectivity index (χ1n) is 16.3. The largest absolute Gasteiger partial charge is 0.496 e. The fourth-order valence-electron chi connectivity index (χ4n) is 6.04. The molecule has 2 atom stereocenters. The molecule has 0 saturated carbocycles. The van der Waals surface area contributed by atoms with Gasteiger partial charge in [0.25, 0.3) is 5.91 Å². The number of aliphatic imine (C=N–C) groups is 1. The number of aliphatic hydroxyl groups excluding tert-OH is 1. The summed E-state index contributed by atoms with van der Waals surface area (Å²) in [5, 5.41) is 16.2. The van der Waals surface area contributed by atoms with Crippen molar-refractivity contribution >= 4 is 17.5 Å². The highest BCUT2D eigenvalue weighted by Gasteiger charge is 2.53. The molecule has 5 aromatic carbocycles. The van der Waals surface area contributed by atoms with Gasteiger partial charge in [-0.2, -0.15) is 0 Å². The Bertz CT molecular complexity index is 1990. The molecule has 5 aromatic rings. The monoisotopic (exact) mass is 667 g/mol. The number of azide groups is 1. The van der Waals surface area contributed by atoms with Gasteiger partial charge < -0.3 is 24.6 Å². The highest BCUT2D eigenvalue weighted by Crippen LogP contribution is 2.44. The summed E-state index contributed by atoms with van der Waals surface area (Å²) < 4.78 is 18.0. The van der Waals surface area contributed by atoms with E-state index in [0.29, 0.717) is 41.3 Å². The van der Waals surface area contributed by atoms with Crippen LogP contribution in [0.5, 0.6) is 11.5 Å². The number of rotatable bonds is 14. The van der Waals surface area contributed by atoms with Gasteiger partial charge in [-0.05, 0) is 58.1 Å². The Kier molecular flexibility index (Phi) is 10.7. The second-order valence-electron chi connectivity index (χ2n) is 11.8. The number of amides is 1. The van der Waals surface area contributed by atoms with E-state index in [1.807, 2.05) is 103 Å². The molecule has 0 radical (unpaired) electrons. The molecule has 10 heteroatoms. The van der Waals surface area contributed by atoms with Crippen molar-refractivity contribution in [3.8, 4) is 22.6 Å². The molecule has 50 heavy (non-hydrogen) atoms. The Balaban J connectivity index is 1.45. The Morgan fingerprint density at radius 3 is 2.26 bits per heavy atom. The summed E-state index contributed by atoms with van der Waals surface area (Å²) in [6.07, 6.45) is -0.247. The number of aliphatic hydroxyl groups is 1. The van der Waals surface area contributed by atoms with Crippen LogP contribution in [0.3, 0.4) is 0 Å². The Labute approximate surface area is 290 Å². The summed E-state index contributed by atoms with van der Waals surface area (Å²) in [6, 6.07) is 39.9. The van der Waals surface area contributed by atoms with Crippen molar-refractivity contribution in [2.45, 2.75) is 31.0 Å². The van der Waals surface area contributed by atoms with Gasteiger partial charge in [-0.25, -0.2) is 4.99 Å². The SMILES string of the molecule is COc1ccccc1CNC(=O)[C@]1(Cc2ccccc2N=[N+]=[N-])N=C(c2ccc(OCCCO)cc2)O[C@@H]1c1ccc(-c2ccccc2)cc1. The molecular formula is C40H37N5O5. The number of hydrogen-bond donors (Lipinski definition) is 2. The molecule has 1 amide bonds. The van der Waals surface area contributed by atoms with Gasteiger partial charge in [0.05, 0.1) is 13.7 Å².